The molecule has 3 aliphatic rings. The van der Waals surface area contributed by atoms with E-state index < -0.39 is 0 Å². The van der Waals surface area contributed by atoms with Crippen molar-refractivity contribution in [2.24, 2.45) is 16.7 Å². The lowest BCUT2D eigenvalue weighted by Crippen LogP contribution is -2.51. The van der Waals surface area contributed by atoms with Gasteiger partial charge in [0.25, 0.3) is 0 Å². The van der Waals surface area contributed by atoms with Crippen LogP contribution in [0.15, 0.2) is 0 Å². The van der Waals surface area contributed by atoms with Crippen LogP contribution in [-0.2, 0) is 4.79 Å². The molecule has 1 amide bonds. The van der Waals surface area contributed by atoms with E-state index in [-0.39, 0.29) is 11.9 Å². The SMILES string of the molecule is CC1(C)C2CCC1(C)C(NC(=O)[C@H]1CCCN1)C2. The fourth-order valence-electron chi connectivity index (χ4n) is 4.60. The predicted molar refractivity (Wildman–Crippen MR) is 72.2 cm³/mol. The second-order valence-electron chi connectivity index (χ2n) is 7.32. The highest BCUT2D eigenvalue weighted by Crippen LogP contribution is 2.65. The van der Waals surface area contributed by atoms with E-state index in [0.29, 0.717) is 16.9 Å². The van der Waals surface area contributed by atoms with Gasteiger partial charge in [0.05, 0.1) is 6.04 Å². The van der Waals surface area contributed by atoms with Gasteiger partial charge in [-0.3, -0.25) is 4.79 Å². The van der Waals surface area contributed by atoms with Crippen LogP contribution in [0.5, 0.6) is 0 Å². The molecule has 2 aliphatic carbocycles. The highest BCUT2D eigenvalue weighted by Gasteiger charge is 2.61. The van der Waals surface area contributed by atoms with E-state index in [0.717, 1.165) is 25.3 Å². The Morgan fingerprint density at radius 3 is 2.56 bits per heavy atom. The Morgan fingerprint density at radius 1 is 1.28 bits per heavy atom. The molecule has 0 aromatic heterocycles. The molecule has 2 N–H and O–H groups in total. The standard InChI is InChI=1S/C15H26N2O/c1-14(2)10-6-7-15(14,3)12(9-10)17-13(18)11-5-4-8-16-11/h10-12,16H,4-9H2,1-3H3,(H,17,18)/t10?,11-,12?,15?/m1/s1. The first-order chi connectivity index (χ1) is 8.45. The van der Waals surface area contributed by atoms with E-state index in [1.54, 1.807) is 0 Å². The molecule has 3 nitrogen and oxygen atoms in total. The summed E-state index contributed by atoms with van der Waals surface area (Å²) in [5.74, 6) is 1.03. The zero-order valence-corrected chi connectivity index (χ0v) is 11.9. The fraction of sp³-hybridized carbons (Fsp3) is 0.933. The molecule has 0 spiro atoms. The lowest BCUT2D eigenvalue weighted by Gasteiger charge is -2.39. The van der Waals surface area contributed by atoms with Gasteiger partial charge in [-0.25, -0.2) is 0 Å². The van der Waals surface area contributed by atoms with E-state index >= 15 is 0 Å². The minimum atomic E-state index is 0.0656. The maximum absolute atomic E-state index is 12.3. The zero-order chi connectivity index (χ0) is 13.0. The number of hydrogen-bond donors (Lipinski definition) is 2. The Bertz CT molecular complexity index is 360. The van der Waals surface area contributed by atoms with Crippen molar-refractivity contribution < 1.29 is 4.79 Å². The van der Waals surface area contributed by atoms with Gasteiger partial charge in [0.2, 0.25) is 5.91 Å². The van der Waals surface area contributed by atoms with Crippen molar-refractivity contribution in [2.75, 3.05) is 6.54 Å². The van der Waals surface area contributed by atoms with Crippen LogP contribution in [0.1, 0.15) is 52.9 Å². The molecule has 0 aromatic carbocycles. The summed E-state index contributed by atoms with van der Waals surface area (Å²) < 4.78 is 0. The summed E-state index contributed by atoms with van der Waals surface area (Å²) in [5.41, 5.74) is 0.681. The maximum Gasteiger partial charge on any atom is 0.237 e. The maximum atomic E-state index is 12.3. The average molecular weight is 250 g/mol. The molecule has 18 heavy (non-hydrogen) atoms. The first-order valence-corrected chi connectivity index (χ1v) is 7.49. The lowest BCUT2D eigenvalue weighted by molar-refractivity contribution is -0.124. The molecule has 102 valence electrons. The Hall–Kier alpha value is -0.570. The monoisotopic (exact) mass is 250 g/mol. The number of carbonyl (C=O) groups excluding carboxylic acids is 1. The third-order valence-electron chi connectivity index (χ3n) is 6.49. The van der Waals surface area contributed by atoms with Gasteiger partial charge in [-0.1, -0.05) is 20.8 Å². The summed E-state index contributed by atoms with van der Waals surface area (Å²) >= 11 is 0. The number of fused-ring (bicyclic) bond motifs is 2. The van der Waals surface area contributed by atoms with Crippen LogP contribution in [0.4, 0.5) is 0 Å². The summed E-state index contributed by atoms with van der Waals surface area (Å²) in [5, 5.41) is 6.64. The molecule has 3 unspecified atom stereocenters. The molecule has 1 saturated heterocycles. The number of amides is 1. The van der Waals surface area contributed by atoms with Gasteiger partial charge in [-0.15, -0.1) is 0 Å². The first kappa shape index (κ1) is 12.5. The number of nitrogens with one attached hydrogen (secondary N) is 2. The second-order valence-corrected chi connectivity index (χ2v) is 7.32. The Morgan fingerprint density at radius 2 is 2.06 bits per heavy atom. The van der Waals surface area contributed by atoms with E-state index in [1.807, 2.05) is 0 Å². The van der Waals surface area contributed by atoms with Gasteiger partial charge < -0.3 is 10.6 Å². The Balaban J connectivity index is 1.70. The summed E-state index contributed by atoms with van der Waals surface area (Å²) in [7, 11) is 0. The van der Waals surface area contributed by atoms with Crippen LogP contribution >= 0.6 is 0 Å². The topological polar surface area (TPSA) is 41.1 Å². The molecule has 0 aromatic rings. The highest BCUT2D eigenvalue weighted by molar-refractivity contribution is 5.82. The minimum absolute atomic E-state index is 0.0656. The number of carbonyl (C=O) groups is 1. The van der Waals surface area contributed by atoms with Crippen molar-refractivity contribution in [2.45, 2.75) is 65.0 Å². The van der Waals surface area contributed by atoms with Gasteiger partial charge in [0, 0.05) is 6.04 Å². The molecule has 3 fully saturated rings. The van der Waals surface area contributed by atoms with Crippen LogP contribution in [0.25, 0.3) is 0 Å². The van der Waals surface area contributed by atoms with Gasteiger partial charge in [-0.05, 0) is 55.4 Å². The Kier molecular flexibility index (Phi) is 2.74. The lowest BCUT2D eigenvalue weighted by atomic mass is 9.69. The summed E-state index contributed by atoms with van der Waals surface area (Å²) in [6, 6.07) is 0.456. The molecule has 3 rings (SSSR count). The van der Waals surface area contributed by atoms with Crippen molar-refractivity contribution in [1.82, 2.24) is 10.6 Å². The van der Waals surface area contributed by atoms with E-state index in [1.165, 1.54) is 19.3 Å². The predicted octanol–water partition coefficient (Wildman–Crippen LogP) is 2.07. The van der Waals surface area contributed by atoms with E-state index in [4.69, 9.17) is 0 Å². The molecule has 4 atom stereocenters. The van der Waals surface area contributed by atoms with Crippen molar-refractivity contribution in [1.29, 1.82) is 0 Å². The molecule has 1 heterocycles. The van der Waals surface area contributed by atoms with Crippen LogP contribution < -0.4 is 10.6 Å². The van der Waals surface area contributed by atoms with Crippen LogP contribution in [-0.4, -0.2) is 24.5 Å². The normalized spacial score (nSPS) is 45.4. The Labute approximate surface area is 110 Å². The van der Waals surface area contributed by atoms with Gasteiger partial charge in [0.15, 0.2) is 0 Å². The minimum Gasteiger partial charge on any atom is -0.351 e. The summed E-state index contributed by atoms with van der Waals surface area (Å²) in [6.07, 6.45) is 5.93. The fourth-order valence-corrected chi connectivity index (χ4v) is 4.60. The van der Waals surface area contributed by atoms with Gasteiger partial charge in [0.1, 0.15) is 0 Å². The molecule has 2 saturated carbocycles. The molecule has 0 radical (unpaired) electrons. The molecule has 3 heteroatoms. The van der Waals surface area contributed by atoms with Gasteiger partial charge >= 0.3 is 0 Å². The molecular weight excluding hydrogens is 224 g/mol. The average Bonchev–Trinajstić information content (AvgIpc) is 2.95. The van der Waals surface area contributed by atoms with Crippen molar-refractivity contribution >= 4 is 5.91 Å². The third-order valence-corrected chi connectivity index (χ3v) is 6.49. The summed E-state index contributed by atoms with van der Waals surface area (Å²) in [4.78, 5) is 12.3. The second kappa shape index (κ2) is 3.96. The summed E-state index contributed by atoms with van der Waals surface area (Å²) in [6.45, 7) is 8.16. The van der Waals surface area contributed by atoms with Crippen LogP contribution in [0.3, 0.4) is 0 Å². The number of hydrogen-bond acceptors (Lipinski definition) is 2. The largest absolute Gasteiger partial charge is 0.351 e. The third kappa shape index (κ3) is 1.56. The molecule has 1 aliphatic heterocycles. The van der Waals surface area contributed by atoms with Gasteiger partial charge in [-0.2, -0.15) is 0 Å². The van der Waals surface area contributed by atoms with Crippen molar-refractivity contribution in [3.8, 4) is 0 Å². The highest BCUT2D eigenvalue weighted by atomic mass is 16.2. The first-order valence-electron chi connectivity index (χ1n) is 7.49. The van der Waals surface area contributed by atoms with Crippen molar-refractivity contribution in [3.05, 3.63) is 0 Å². The number of rotatable bonds is 2. The quantitative estimate of drug-likeness (QED) is 0.788. The van der Waals surface area contributed by atoms with E-state index in [9.17, 15) is 4.79 Å². The molecule has 2 bridgehead atoms. The van der Waals surface area contributed by atoms with Crippen LogP contribution in [0.2, 0.25) is 0 Å². The van der Waals surface area contributed by atoms with Crippen molar-refractivity contribution in [3.63, 3.8) is 0 Å². The van der Waals surface area contributed by atoms with E-state index in [2.05, 4.69) is 31.4 Å². The smallest absolute Gasteiger partial charge is 0.237 e. The van der Waals surface area contributed by atoms with Crippen LogP contribution in [0, 0.1) is 16.7 Å². The molecular formula is C15H26N2O. The zero-order valence-electron chi connectivity index (χ0n) is 11.9.